The number of carbonyl (C=O) groups excluding carboxylic acids is 1. The molecule has 8 heteroatoms. The third-order valence-electron chi connectivity index (χ3n) is 3.62. The second-order valence-corrected chi connectivity index (χ2v) is 7.28. The number of unbranched alkanes of at least 4 members (excludes halogenated alkanes) is 1. The number of ether oxygens (including phenoxy) is 1. The van der Waals surface area contributed by atoms with Gasteiger partial charge in [0.2, 0.25) is 6.10 Å². The highest BCUT2D eigenvalue weighted by Crippen LogP contribution is 2.27. The van der Waals surface area contributed by atoms with Gasteiger partial charge in [0.1, 0.15) is 11.5 Å². The molecule has 1 aliphatic rings. The molecule has 26 heavy (non-hydrogen) atoms. The van der Waals surface area contributed by atoms with Crippen molar-refractivity contribution in [3.8, 4) is 11.8 Å². The standard InChI is InChI=1S/C18H16ClN3O3S/c19-17-7-6-16(26-17)14-11-15(25-22-14)18(23)21-12-4-3-5-13(10-12)24-9-2-1-8-20/h3-7,10,15H,1-2,9,11H2,(H,21,23). The van der Waals surface area contributed by atoms with E-state index in [0.29, 0.717) is 41.6 Å². The van der Waals surface area contributed by atoms with Crippen molar-refractivity contribution in [2.24, 2.45) is 5.16 Å². The second-order valence-electron chi connectivity index (χ2n) is 5.57. The monoisotopic (exact) mass is 389 g/mol. The molecule has 1 N–H and O–H groups in total. The van der Waals surface area contributed by atoms with Crippen LogP contribution in [0.4, 0.5) is 5.69 Å². The summed E-state index contributed by atoms with van der Waals surface area (Å²) < 4.78 is 6.23. The fourth-order valence-electron chi connectivity index (χ4n) is 2.36. The summed E-state index contributed by atoms with van der Waals surface area (Å²) in [6.07, 6.45) is 0.835. The molecule has 0 radical (unpaired) electrons. The Hall–Kier alpha value is -2.56. The van der Waals surface area contributed by atoms with Gasteiger partial charge in [-0.25, -0.2) is 0 Å². The molecular weight excluding hydrogens is 374 g/mol. The summed E-state index contributed by atoms with van der Waals surface area (Å²) >= 11 is 7.33. The second kappa shape index (κ2) is 8.70. The fraction of sp³-hybridized carbons (Fsp3) is 0.278. The SMILES string of the molecule is N#CCCCOc1cccc(NC(=O)C2CC(c3ccc(Cl)s3)=NO2)c1. The van der Waals surface area contributed by atoms with Crippen LogP contribution < -0.4 is 10.1 Å². The van der Waals surface area contributed by atoms with Crippen molar-refractivity contribution in [1.29, 1.82) is 5.26 Å². The molecule has 6 nitrogen and oxygen atoms in total. The van der Waals surface area contributed by atoms with Crippen LogP contribution in [0.3, 0.4) is 0 Å². The number of hydrogen-bond donors (Lipinski definition) is 1. The van der Waals surface area contributed by atoms with Crippen LogP contribution in [0.2, 0.25) is 4.34 Å². The maximum atomic E-state index is 12.4. The van der Waals surface area contributed by atoms with Crippen LogP contribution in [0.15, 0.2) is 41.6 Å². The highest BCUT2D eigenvalue weighted by atomic mass is 35.5. The molecule has 134 valence electrons. The third kappa shape index (κ3) is 4.75. The van der Waals surface area contributed by atoms with Crippen LogP contribution in [-0.2, 0) is 9.63 Å². The number of carbonyl (C=O) groups is 1. The van der Waals surface area contributed by atoms with E-state index in [1.54, 1.807) is 30.3 Å². The first-order chi connectivity index (χ1) is 12.7. The summed E-state index contributed by atoms with van der Waals surface area (Å²) in [7, 11) is 0. The Morgan fingerprint density at radius 3 is 3.12 bits per heavy atom. The molecule has 2 heterocycles. The molecule has 2 aromatic rings. The molecule has 3 rings (SSSR count). The Labute approximate surface area is 160 Å². The number of halogens is 1. The minimum Gasteiger partial charge on any atom is -0.493 e. The molecule has 0 bridgehead atoms. The van der Waals surface area contributed by atoms with Crippen molar-refractivity contribution in [3.05, 3.63) is 45.6 Å². The van der Waals surface area contributed by atoms with Crippen LogP contribution in [-0.4, -0.2) is 24.3 Å². The van der Waals surface area contributed by atoms with E-state index in [1.807, 2.05) is 6.07 Å². The van der Waals surface area contributed by atoms with Gasteiger partial charge in [-0.1, -0.05) is 22.8 Å². The van der Waals surface area contributed by atoms with Gasteiger partial charge in [-0.15, -0.1) is 11.3 Å². The third-order valence-corrected chi connectivity index (χ3v) is 4.90. The highest BCUT2D eigenvalue weighted by molar-refractivity contribution is 7.18. The van der Waals surface area contributed by atoms with E-state index in [9.17, 15) is 4.79 Å². The number of oxime groups is 1. The van der Waals surface area contributed by atoms with Crippen molar-refractivity contribution >= 4 is 40.2 Å². The number of rotatable bonds is 7. The Balaban J connectivity index is 1.53. The van der Waals surface area contributed by atoms with E-state index in [1.165, 1.54) is 11.3 Å². The molecule has 0 fully saturated rings. The lowest BCUT2D eigenvalue weighted by Gasteiger charge is -2.11. The number of nitriles is 1. The lowest BCUT2D eigenvalue weighted by molar-refractivity contribution is -0.125. The molecule has 0 spiro atoms. The molecule has 1 aliphatic heterocycles. The van der Waals surface area contributed by atoms with Gasteiger partial charge < -0.3 is 14.9 Å². The zero-order valence-electron chi connectivity index (χ0n) is 13.8. The number of amides is 1. The normalized spacial score (nSPS) is 15.7. The van der Waals surface area contributed by atoms with Gasteiger partial charge in [0.15, 0.2) is 0 Å². The van der Waals surface area contributed by atoms with Crippen molar-refractivity contribution < 1.29 is 14.4 Å². The van der Waals surface area contributed by atoms with E-state index in [4.69, 9.17) is 26.4 Å². The minimum absolute atomic E-state index is 0.270. The van der Waals surface area contributed by atoms with Gasteiger partial charge in [0.05, 0.1) is 21.9 Å². The fourth-order valence-corrected chi connectivity index (χ4v) is 3.39. The molecule has 1 aromatic carbocycles. The topological polar surface area (TPSA) is 83.7 Å². The van der Waals surface area contributed by atoms with Gasteiger partial charge >= 0.3 is 0 Å². The summed E-state index contributed by atoms with van der Waals surface area (Å²) in [4.78, 5) is 18.6. The van der Waals surface area contributed by atoms with E-state index in [2.05, 4.69) is 16.5 Å². The Kier molecular flexibility index (Phi) is 6.10. The van der Waals surface area contributed by atoms with Crippen LogP contribution in [0.5, 0.6) is 5.75 Å². The van der Waals surface area contributed by atoms with Crippen LogP contribution in [0.1, 0.15) is 24.1 Å². The first kappa shape index (κ1) is 18.2. The zero-order valence-corrected chi connectivity index (χ0v) is 15.3. The van der Waals surface area contributed by atoms with Gasteiger partial charge in [0.25, 0.3) is 5.91 Å². The molecule has 0 aliphatic carbocycles. The lowest BCUT2D eigenvalue weighted by atomic mass is 10.1. The van der Waals surface area contributed by atoms with Crippen molar-refractivity contribution in [2.75, 3.05) is 11.9 Å². The highest BCUT2D eigenvalue weighted by Gasteiger charge is 2.29. The zero-order chi connectivity index (χ0) is 18.4. The van der Waals surface area contributed by atoms with E-state index < -0.39 is 6.10 Å². The number of nitrogens with zero attached hydrogens (tertiary/aromatic N) is 2. The number of anilines is 1. The van der Waals surface area contributed by atoms with Crippen molar-refractivity contribution in [2.45, 2.75) is 25.4 Å². The number of nitrogens with one attached hydrogen (secondary N) is 1. The average Bonchev–Trinajstić information content (AvgIpc) is 3.28. The Morgan fingerprint density at radius 1 is 1.46 bits per heavy atom. The predicted octanol–water partition coefficient (Wildman–Crippen LogP) is 4.22. The molecule has 1 unspecified atom stereocenters. The summed E-state index contributed by atoms with van der Waals surface area (Å²) in [5.74, 6) is 0.367. The van der Waals surface area contributed by atoms with Gasteiger partial charge in [-0.05, 0) is 30.7 Å². The molecular formula is C18H16ClN3O3S. The summed E-state index contributed by atoms with van der Waals surface area (Å²) in [5.41, 5.74) is 1.33. The van der Waals surface area contributed by atoms with Crippen molar-refractivity contribution in [3.63, 3.8) is 0 Å². The number of thiophene rings is 1. The maximum absolute atomic E-state index is 12.4. The summed E-state index contributed by atoms with van der Waals surface area (Å²) in [5, 5.41) is 15.3. The number of hydrogen-bond acceptors (Lipinski definition) is 6. The van der Waals surface area contributed by atoms with E-state index in [-0.39, 0.29) is 5.91 Å². The van der Waals surface area contributed by atoms with Gasteiger partial charge in [-0.2, -0.15) is 5.26 Å². The van der Waals surface area contributed by atoms with Crippen LogP contribution in [0.25, 0.3) is 0 Å². The maximum Gasteiger partial charge on any atom is 0.268 e. The minimum atomic E-state index is -0.675. The smallest absolute Gasteiger partial charge is 0.268 e. The van der Waals surface area contributed by atoms with Gasteiger partial charge in [0, 0.05) is 24.6 Å². The lowest BCUT2D eigenvalue weighted by Crippen LogP contribution is -2.27. The number of benzene rings is 1. The van der Waals surface area contributed by atoms with E-state index >= 15 is 0 Å². The Bertz CT molecular complexity index is 859. The molecule has 0 saturated carbocycles. The van der Waals surface area contributed by atoms with Gasteiger partial charge in [-0.3, -0.25) is 4.79 Å². The first-order valence-corrected chi connectivity index (χ1v) is 9.24. The molecule has 1 amide bonds. The van der Waals surface area contributed by atoms with Crippen LogP contribution in [0, 0.1) is 11.3 Å². The largest absolute Gasteiger partial charge is 0.493 e. The quantitative estimate of drug-likeness (QED) is 0.718. The van der Waals surface area contributed by atoms with Crippen LogP contribution >= 0.6 is 22.9 Å². The molecule has 1 aromatic heterocycles. The molecule has 1 atom stereocenters. The average molecular weight is 390 g/mol. The first-order valence-electron chi connectivity index (χ1n) is 8.05. The summed E-state index contributed by atoms with van der Waals surface area (Å²) in [6.45, 7) is 0.456. The Morgan fingerprint density at radius 2 is 2.35 bits per heavy atom. The van der Waals surface area contributed by atoms with E-state index in [0.717, 1.165) is 10.6 Å². The predicted molar refractivity (Wildman–Crippen MR) is 101 cm³/mol. The summed E-state index contributed by atoms with van der Waals surface area (Å²) in [6, 6.07) is 12.8. The molecule has 0 saturated heterocycles. The van der Waals surface area contributed by atoms with Crippen molar-refractivity contribution in [1.82, 2.24) is 0 Å².